The van der Waals surface area contributed by atoms with Crippen molar-refractivity contribution in [3.8, 4) is 0 Å². The Kier molecular flexibility index (Phi) is 5.19. The van der Waals surface area contributed by atoms with E-state index >= 15 is 0 Å². The van der Waals surface area contributed by atoms with E-state index in [1.807, 2.05) is 20.8 Å². The number of hydrogen-bond acceptors (Lipinski definition) is 3. The number of carbonyl (C=O) groups is 1. The van der Waals surface area contributed by atoms with Crippen molar-refractivity contribution < 1.29 is 14.3 Å². The van der Waals surface area contributed by atoms with Crippen molar-refractivity contribution in [2.45, 2.75) is 64.6 Å². The fraction of sp³-hybridized carbons (Fsp3) is 0.786. The Morgan fingerprint density at radius 2 is 1.82 bits per heavy atom. The van der Waals surface area contributed by atoms with Gasteiger partial charge >= 0.3 is 5.97 Å². The summed E-state index contributed by atoms with van der Waals surface area (Å²) in [7, 11) is 0. The molecule has 3 heteroatoms. The Morgan fingerprint density at radius 1 is 1.24 bits per heavy atom. The second-order valence-corrected chi connectivity index (χ2v) is 5.68. The van der Waals surface area contributed by atoms with Crippen LogP contribution < -0.4 is 0 Å². The van der Waals surface area contributed by atoms with E-state index < -0.39 is 5.60 Å². The average molecular weight is 240 g/mol. The van der Waals surface area contributed by atoms with Crippen LogP contribution in [0.4, 0.5) is 0 Å². The van der Waals surface area contributed by atoms with Gasteiger partial charge in [0.25, 0.3) is 0 Å². The molecule has 3 nitrogen and oxygen atoms in total. The zero-order valence-electron chi connectivity index (χ0n) is 11.3. The molecule has 0 radical (unpaired) electrons. The van der Waals surface area contributed by atoms with Crippen molar-refractivity contribution in [1.29, 1.82) is 0 Å². The Balaban J connectivity index is 2.26. The van der Waals surface area contributed by atoms with Gasteiger partial charge in [0.05, 0.1) is 18.3 Å². The lowest BCUT2D eigenvalue weighted by Crippen LogP contribution is -2.27. The van der Waals surface area contributed by atoms with Gasteiger partial charge in [-0.1, -0.05) is 25.8 Å². The molecule has 0 unspecified atom stereocenters. The molecular weight excluding hydrogens is 216 g/mol. The highest BCUT2D eigenvalue weighted by atomic mass is 16.6. The van der Waals surface area contributed by atoms with E-state index in [9.17, 15) is 4.79 Å². The summed E-state index contributed by atoms with van der Waals surface area (Å²) < 4.78 is 10.9. The lowest BCUT2D eigenvalue weighted by molar-refractivity contribution is -0.150. The quantitative estimate of drug-likeness (QED) is 0.559. The SMILES string of the molecule is C=C(COC1CCCCC1)C(=O)OC(C)(C)C. The third-order valence-corrected chi connectivity index (χ3v) is 2.73. The zero-order chi connectivity index (χ0) is 12.9. The predicted octanol–water partition coefficient (Wildman–Crippen LogP) is 3.23. The molecule has 0 aromatic heterocycles. The third kappa shape index (κ3) is 5.87. The first-order chi connectivity index (χ1) is 7.88. The Hall–Kier alpha value is -0.830. The van der Waals surface area contributed by atoms with E-state index in [0.29, 0.717) is 18.3 Å². The lowest BCUT2D eigenvalue weighted by atomic mass is 9.98. The van der Waals surface area contributed by atoms with E-state index in [0.717, 1.165) is 12.8 Å². The van der Waals surface area contributed by atoms with Gasteiger partial charge in [-0.05, 0) is 33.6 Å². The minimum absolute atomic E-state index is 0.291. The molecule has 98 valence electrons. The van der Waals surface area contributed by atoms with Crippen LogP contribution in [-0.2, 0) is 14.3 Å². The maximum atomic E-state index is 11.6. The molecule has 0 aromatic carbocycles. The lowest BCUT2D eigenvalue weighted by Gasteiger charge is -2.23. The number of carbonyl (C=O) groups excluding carboxylic acids is 1. The van der Waals surface area contributed by atoms with E-state index in [2.05, 4.69) is 6.58 Å². The average Bonchev–Trinajstić information content (AvgIpc) is 2.25. The van der Waals surface area contributed by atoms with Crippen molar-refractivity contribution >= 4 is 5.97 Å². The largest absolute Gasteiger partial charge is 0.457 e. The minimum atomic E-state index is -0.467. The monoisotopic (exact) mass is 240 g/mol. The summed E-state index contributed by atoms with van der Waals surface area (Å²) in [6.07, 6.45) is 6.24. The summed E-state index contributed by atoms with van der Waals surface area (Å²) in [5, 5.41) is 0. The molecule has 0 amide bonds. The van der Waals surface area contributed by atoms with Crippen molar-refractivity contribution in [2.75, 3.05) is 6.61 Å². The van der Waals surface area contributed by atoms with Gasteiger partial charge in [-0.25, -0.2) is 4.79 Å². The molecule has 1 saturated carbocycles. The van der Waals surface area contributed by atoms with E-state index in [1.165, 1.54) is 19.3 Å². The molecule has 0 aliphatic heterocycles. The molecule has 1 aliphatic carbocycles. The van der Waals surface area contributed by atoms with Crippen LogP contribution in [0.15, 0.2) is 12.2 Å². The van der Waals surface area contributed by atoms with Crippen molar-refractivity contribution in [3.05, 3.63) is 12.2 Å². The van der Waals surface area contributed by atoms with Crippen LogP contribution in [0.2, 0.25) is 0 Å². The summed E-state index contributed by atoms with van der Waals surface area (Å²) in [6.45, 7) is 9.56. The Labute approximate surface area is 104 Å². The zero-order valence-corrected chi connectivity index (χ0v) is 11.3. The number of esters is 1. The van der Waals surface area contributed by atoms with Gasteiger partial charge in [0.15, 0.2) is 0 Å². The highest BCUT2D eigenvalue weighted by molar-refractivity contribution is 5.88. The topological polar surface area (TPSA) is 35.5 Å². The first-order valence-electron chi connectivity index (χ1n) is 6.41. The summed E-state index contributed by atoms with van der Waals surface area (Å²) in [5.41, 5.74) is -0.0595. The molecule has 1 aliphatic rings. The Bertz CT molecular complexity index is 270. The number of ether oxygens (including phenoxy) is 2. The van der Waals surface area contributed by atoms with E-state index in [4.69, 9.17) is 9.47 Å². The first-order valence-corrected chi connectivity index (χ1v) is 6.41. The molecule has 1 rings (SSSR count). The molecule has 0 bridgehead atoms. The number of hydrogen-bond donors (Lipinski definition) is 0. The highest BCUT2D eigenvalue weighted by Gasteiger charge is 2.20. The molecule has 0 N–H and O–H groups in total. The minimum Gasteiger partial charge on any atom is -0.457 e. The molecule has 0 aromatic rings. The summed E-state index contributed by atoms with van der Waals surface area (Å²) >= 11 is 0. The van der Waals surface area contributed by atoms with Gasteiger partial charge in [-0.15, -0.1) is 0 Å². The Morgan fingerprint density at radius 3 is 2.35 bits per heavy atom. The molecular formula is C14H24O3. The second kappa shape index (κ2) is 6.20. The van der Waals surface area contributed by atoms with Crippen LogP contribution >= 0.6 is 0 Å². The van der Waals surface area contributed by atoms with Gasteiger partial charge in [0, 0.05) is 0 Å². The maximum Gasteiger partial charge on any atom is 0.336 e. The third-order valence-electron chi connectivity index (χ3n) is 2.73. The van der Waals surface area contributed by atoms with Crippen molar-refractivity contribution in [2.24, 2.45) is 0 Å². The van der Waals surface area contributed by atoms with Crippen molar-refractivity contribution in [3.63, 3.8) is 0 Å². The molecule has 0 saturated heterocycles. The number of rotatable bonds is 4. The van der Waals surface area contributed by atoms with Gasteiger partial charge < -0.3 is 9.47 Å². The first kappa shape index (κ1) is 14.2. The molecule has 0 spiro atoms. The molecule has 0 atom stereocenters. The van der Waals surface area contributed by atoms with E-state index in [-0.39, 0.29) is 5.97 Å². The van der Waals surface area contributed by atoms with Gasteiger partial charge in [-0.2, -0.15) is 0 Å². The van der Waals surface area contributed by atoms with Crippen LogP contribution in [0.5, 0.6) is 0 Å². The fourth-order valence-corrected chi connectivity index (χ4v) is 1.86. The standard InChI is InChI=1S/C14H24O3/c1-11(13(15)17-14(2,3)4)10-16-12-8-6-5-7-9-12/h12H,1,5-10H2,2-4H3. The normalized spacial score (nSPS) is 17.8. The van der Waals surface area contributed by atoms with Crippen LogP contribution in [-0.4, -0.2) is 24.3 Å². The van der Waals surface area contributed by atoms with Gasteiger partial charge in [-0.3, -0.25) is 0 Å². The van der Waals surface area contributed by atoms with Gasteiger partial charge in [0.2, 0.25) is 0 Å². The molecule has 0 heterocycles. The summed E-state index contributed by atoms with van der Waals surface area (Å²) in [4.78, 5) is 11.6. The van der Waals surface area contributed by atoms with Gasteiger partial charge in [0.1, 0.15) is 5.60 Å². The second-order valence-electron chi connectivity index (χ2n) is 5.68. The van der Waals surface area contributed by atoms with Crippen molar-refractivity contribution in [1.82, 2.24) is 0 Å². The van der Waals surface area contributed by atoms with Crippen LogP contribution in [0.25, 0.3) is 0 Å². The van der Waals surface area contributed by atoms with E-state index in [1.54, 1.807) is 0 Å². The smallest absolute Gasteiger partial charge is 0.336 e. The van der Waals surface area contributed by atoms with Crippen LogP contribution in [0.3, 0.4) is 0 Å². The predicted molar refractivity (Wildman–Crippen MR) is 67.8 cm³/mol. The molecule has 17 heavy (non-hydrogen) atoms. The highest BCUT2D eigenvalue weighted by Crippen LogP contribution is 2.21. The summed E-state index contributed by atoms with van der Waals surface area (Å²) in [5.74, 6) is -0.353. The maximum absolute atomic E-state index is 11.6. The fourth-order valence-electron chi connectivity index (χ4n) is 1.86. The molecule has 1 fully saturated rings. The van der Waals surface area contributed by atoms with Crippen LogP contribution in [0, 0.1) is 0 Å². The van der Waals surface area contributed by atoms with Crippen LogP contribution in [0.1, 0.15) is 52.9 Å². The summed E-state index contributed by atoms with van der Waals surface area (Å²) in [6, 6.07) is 0.